The standard InChI is InChI=1S/C12H11BrFN3O2S/c13-9-5(11(15)20)1-2-6(10(9)14)16-7-3-4-8(18)17-12(7)19/h1-2,7,16H,3-4H2,(H2,15,20)(H,17,18,19). The number of hydrogen-bond donors (Lipinski definition) is 3. The SMILES string of the molecule is NC(=S)c1ccc(NC2CCC(=O)NC2=O)c(F)c1Br. The van der Waals surface area contributed by atoms with Crippen LogP contribution in [0.25, 0.3) is 0 Å². The van der Waals surface area contributed by atoms with E-state index in [1.165, 1.54) is 6.07 Å². The number of benzene rings is 1. The van der Waals surface area contributed by atoms with Crippen molar-refractivity contribution >= 4 is 50.6 Å². The number of nitrogens with two attached hydrogens (primary N) is 1. The highest BCUT2D eigenvalue weighted by Gasteiger charge is 2.27. The monoisotopic (exact) mass is 359 g/mol. The number of nitrogens with one attached hydrogen (secondary N) is 2. The van der Waals surface area contributed by atoms with Crippen LogP contribution in [0.15, 0.2) is 16.6 Å². The average molecular weight is 360 g/mol. The summed E-state index contributed by atoms with van der Waals surface area (Å²) in [6.45, 7) is 0. The molecular formula is C12H11BrFN3O2S. The third-order valence-corrected chi connectivity index (χ3v) is 3.91. The van der Waals surface area contributed by atoms with Crippen LogP contribution >= 0.6 is 28.1 Å². The van der Waals surface area contributed by atoms with Crippen molar-refractivity contribution in [1.29, 1.82) is 0 Å². The van der Waals surface area contributed by atoms with E-state index in [1.54, 1.807) is 6.07 Å². The molecule has 1 fully saturated rings. The van der Waals surface area contributed by atoms with Gasteiger partial charge in [-0.2, -0.15) is 0 Å². The summed E-state index contributed by atoms with van der Waals surface area (Å²) in [5, 5.41) is 4.97. The zero-order valence-electron chi connectivity index (χ0n) is 10.2. The van der Waals surface area contributed by atoms with Gasteiger partial charge in [-0.1, -0.05) is 12.2 Å². The summed E-state index contributed by atoms with van der Waals surface area (Å²) in [6, 6.07) is 2.37. The fourth-order valence-corrected chi connectivity index (χ4v) is 2.73. The van der Waals surface area contributed by atoms with Gasteiger partial charge in [0.25, 0.3) is 0 Å². The van der Waals surface area contributed by atoms with Gasteiger partial charge in [0, 0.05) is 12.0 Å². The molecule has 1 aliphatic heterocycles. The van der Waals surface area contributed by atoms with E-state index in [4.69, 9.17) is 18.0 Å². The van der Waals surface area contributed by atoms with E-state index in [-0.39, 0.29) is 27.5 Å². The molecule has 0 bridgehead atoms. The molecule has 0 spiro atoms. The van der Waals surface area contributed by atoms with Gasteiger partial charge >= 0.3 is 0 Å². The molecule has 8 heteroatoms. The van der Waals surface area contributed by atoms with Crippen molar-refractivity contribution in [2.24, 2.45) is 5.73 Å². The fraction of sp³-hybridized carbons (Fsp3) is 0.250. The van der Waals surface area contributed by atoms with Crippen LogP contribution in [-0.2, 0) is 9.59 Å². The Morgan fingerprint density at radius 3 is 2.80 bits per heavy atom. The lowest BCUT2D eigenvalue weighted by molar-refractivity contribution is -0.133. The van der Waals surface area contributed by atoms with Crippen molar-refractivity contribution < 1.29 is 14.0 Å². The molecule has 1 atom stereocenters. The third-order valence-electron chi connectivity index (χ3n) is 2.92. The van der Waals surface area contributed by atoms with Crippen molar-refractivity contribution in [2.45, 2.75) is 18.9 Å². The molecule has 4 N–H and O–H groups in total. The number of carbonyl (C=O) groups is 2. The summed E-state index contributed by atoms with van der Waals surface area (Å²) in [6.07, 6.45) is 0.538. The minimum absolute atomic E-state index is 0.0725. The maximum absolute atomic E-state index is 14.2. The molecule has 1 heterocycles. The summed E-state index contributed by atoms with van der Waals surface area (Å²) >= 11 is 7.89. The van der Waals surface area contributed by atoms with Gasteiger partial charge in [0.15, 0.2) is 5.82 Å². The number of imide groups is 1. The van der Waals surface area contributed by atoms with E-state index >= 15 is 0 Å². The van der Waals surface area contributed by atoms with Crippen molar-refractivity contribution in [3.05, 3.63) is 28.0 Å². The minimum Gasteiger partial charge on any atom is -0.389 e. The molecule has 1 aliphatic rings. The molecule has 0 aliphatic carbocycles. The van der Waals surface area contributed by atoms with E-state index in [2.05, 4.69) is 26.6 Å². The number of rotatable bonds is 3. The Morgan fingerprint density at radius 2 is 2.20 bits per heavy atom. The van der Waals surface area contributed by atoms with Gasteiger partial charge in [-0.25, -0.2) is 4.39 Å². The molecule has 0 aromatic heterocycles. The van der Waals surface area contributed by atoms with Gasteiger partial charge in [0.1, 0.15) is 11.0 Å². The zero-order valence-corrected chi connectivity index (χ0v) is 12.6. The second-order valence-electron chi connectivity index (χ2n) is 4.30. The molecule has 0 radical (unpaired) electrons. The van der Waals surface area contributed by atoms with Crippen molar-refractivity contribution in [1.82, 2.24) is 5.32 Å². The average Bonchev–Trinajstić information content (AvgIpc) is 2.37. The number of amides is 2. The quantitative estimate of drug-likeness (QED) is 0.561. The van der Waals surface area contributed by atoms with Gasteiger partial charge in [0.2, 0.25) is 11.8 Å². The molecule has 5 nitrogen and oxygen atoms in total. The maximum atomic E-state index is 14.2. The molecule has 0 saturated carbocycles. The number of piperidine rings is 1. The fourth-order valence-electron chi connectivity index (χ4n) is 1.87. The second-order valence-corrected chi connectivity index (χ2v) is 5.53. The topological polar surface area (TPSA) is 84.2 Å². The first-order valence-corrected chi connectivity index (χ1v) is 6.98. The lowest BCUT2D eigenvalue weighted by atomic mass is 10.1. The van der Waals surface area contributed by atoms with Gasteiger partial charge < -0.3 is 11.1 Å². The van der Waals surface area contributed by atoms with Crippen molar-refractivity contribution in [3.8, 4) is 0 Å². The number of carbonyl (C=O) groups excluding carboxylic acids is 2. The highest BCUT2D eigenvalue weighted by atomic mass is 79.9. The molecule has 2 rings (SSSR count). The maximum Gasteiger partial charge on any atom is 0.249 e. The first-order chi connectivity index (χ1) is 9.40. The van der Waals surface area contributed by atoms with Crippen LogP contribution in [0.5, 0.6) is 0 Å². The highest BCUT2D eigenvalue weighted by Crippen LogP contribution is 2.28. The van der Waals surface area contributed by atoms with Crippen LogP contribution in [0.4, 0.5) is 10.1 Å². The summed E-state index contributed by atoms with van der Waals surface area (Å²) in [7, 11) is 0. The predicted molar refractivity (Wildman–Crippen MR) is 79.8 cm³/mol. The van der Waals surface area contributed by atoms with Crippen molar-refractivity contribution in [3.63, 3.8) is 0 Å². The van der Waals surface area contributed by atoms with Gasteiger partial charge in [0.05, 0.1) is 10.2 Å². The van der Waals surface area contributed by atoms with E-state index in [0.717, 1.165) is 0 Å². The number of anilines is 1. The van der Waals surface area contributed by atoms with Gasteiger partial charge in [-0.15, -0.1) is 0 Å². The summed E-state index contributed by atoms with van der Waals surface area (Å²) in [5.41, 5.74) is 5.99. The molecule has 1 aromatic rings. The number of hydrogen-bond acceptors (Lipinski definition) is 4. The molecule has 106 valence electrons. The van der Waals surface area contributed by atoms with Crippen LogP contribution in [0.1, 0.15) is 18.4 Å². The number of halogens is 2. The molecule has 1 saturated heterocycles. The molecule has 20 heavy (non-hydrogen) atoms. The van der Waals surface area contributed by atoms with Gasteiger partial charge in [-0.3, -0.25) is 14.9 Å². The van der Waals surface area contributed by atoms with Crippen LogP contribution in [0, 0.1) is 5.82 Å². The van der Waals surface area contributed by atoms with E-state index in [1.807, 2.05) is 0 Å². The molecule has 2 amide bonds. The van der Waals surface area contributed by atoms with E-state index in [9.17, 15) is 14.0 Å². The van der Waals surface area contributed by atoms with Crippen LogP contribution in [-0.4, -0.2) is 22.8 Å². The lowest BCUT2D eigenvalue weighted by Crippen LogP contribution is -2.47. The third kappa shape index (κ3) is 2.96. The molecule has 1 aromatic carbocycles. The van der Waals surface area contributed by atoms with E-state index < -0.39 is 17.8 Å². The molecular weight excluding hydrogens is 349 g/mol. The predicted octanol–water partition coefficient (Wildman–Crippen LogP) is 1.44. The number of thiocarbonyl (C=S) groups is 1. The molecule has 1 unspecified atom stereocenters. The summed E-state index contributed by atoms with van der Waals surface area (Å²) < 4.78 is 14.3. The van der Waals surface area contributed by atoms with Crippen LogP contribution in [0.2, 0.25) is 0 Å². The normalized spacial score (nSPS) is 18.6. The van der Waals surface area contributed by atoms with Crippen LogP contribution in [0.3, 0.4) is 0 Å². The van der Waals surface area contributed by atoms with Gasteiger partial charge in [-0.05, 0) is 34.5 Å². The zero-order chi connectivity index (χ0) is 14.9. The Hall–Kier alpha value is -1.54. The Kier molecular flexibility index (Phi) is 4.34. The summed E-state index contributed by atoms with van der Waals surface area (Å²) in [4.78, 5) is 22.7. The van der Waals surface area contributed by atoms with Crippen molar-refractivity contribution in [2.75, 3.05) is 5.32 Å². The Morgan fingerprint density at radius 1 is 1.50 bits per heavy atom. The van der Waals surface area contributed by atoms with Crippen LogP contribution < -0.4 is 16.4 Å². The lowest BCUT2D eigenvalue weighted by Gasteiger charge is -2.23. The minimum atomic E-state index is -0.648. The first kappa shape index (κ1) is 14.9. The summed E-state index contributed by atoms with van der Waals surface area (Å²) in [5.74, 6) is -1.37. The Labute approximate surface area is 128 Å². The second kappa shape index (κ2) is 5.84. The highest BCUT2D eigenvalue weighted by molar-refractivity contribution is 9.10. The smallest absolute Gasteiger partial charge is 0.249 e. The van der Waals surface area contributed by atoms with E-state index in [0.29, 0.717) is 12.0 Å². The largest absolute Gasteiger partial charge is 0.389 e. The Bertz CT molecular complexity index is 609. The first-order valence-electron chi connectivity index (χ1n) is 5.78. The Balaban J connectivity index is 2.22.